The van der Waals surface area contributed by atoms with Gasteiger partial charge in [-0.1, -0.05) is 55.2 Å². The summed E-state index contributed by atoms with van der Waals surface area (Å²) >= 11 is 12.3. The number of nitrogens with one attached hydrogen (secondary N) is 1. The van der Waals surface area contributed by atoms with Crippen molar-refractivity contribution in [2.75, 3.05) is 13.2 Å². The molecule has 30 heavy (non-hydrogen) atoms. The van der Waals surface area contributed by atoms with Gasteiger partial charge in [-0.3, -0.25) is 9.59 Å². The Hall–Kier alpha value is -2.24. The molecule has 1 atom stereocenters. The van der Waals surface area contributed by atoms with Gasteiger partial charge in [-0.25, -0.2) is 0 Å². The number of carbonyl (C=O) groups excluding carboxylic acids is 2. The summed E-state index contributed by atoms with van der Waals surface area (Å²) in [7, 11) is 0. The quantitative estimate of drug-likeness (QED) is 0.592. The van der Waals surface area contributed by atoms with Gasteiger partial charge in [0.2, 0.25) is 5.91 Å². The van der Waals surface area contributed by atoms with Crippen molar-refractivity contribution >= 4 is 35.0 Å². The molecule has 7 heteroatoms. The van der Waals surface area contributed by atoms with Gasteiger partial charge in [-0.2, -0.15) is 0 Å². The molecular formula is C23H28Cl2N2O3. The molecule has 2 aromatic rings. The van der Waals surface area contributed by atoms with Gasteiger partial charge in [0.05, 0.1) is 0 Å². The van der Waals surface area contributed by atoms with Crippen LogP contribution < -0.4 is 10.1 Å². The van der Waals surface area contributed by atoms with Crippen LogP contribution >= 0.6 is 23.2 Å². The number of aryl methyl sites for hydroxylation is 1. The van der Waals surface area contributed by atoms with E-state index < -0.39 is 6.04 Å². The number of rotatable bonds is 9. The van der Waals surface area contributed by atoms with E-state index in [1.165, 1.54) is 4.90 Å². The highest BCUT2D eigenvalue weighted by Gasteiger charge is 2.27. The van der Waals surface area contributed by atoms with Gasteiger partial charge in [0.15, 0.2) is 6.61 Å². The summed E-state index contributed by atoms with van der Waals surface area (Å²) < 4.78 is 5.67. The fourth-order valence-corrected chi connectivity index (χ4v) is 3.27. The second-order valence-corrected chi connectivity index (χ2v) is 8.52. The summed E-state index contributed by atoms with van der Waals surface area (Å²) in [6, 6.07) is 11.8. The first-order valence-corrected chi connectivity index (χ1v) is 10.6. The van der Waals surface area contributed by atoms with Crippen molar-refractivity contribution in [2.24, 2.45) is 5.92 Å². The molecule has 2 amide bonds. The van der Waals surface area contributed by atoms with Crippen LogP contribution in [0.2, 0.25) is 10.0 Å². The van der Waals surface area contributed by atoms with Crippen LogP contribution in [-0.4, -0.2) is 35.9 Å². The third-order valence-electron chi connectivity index (χ3n) is 4.56. The van der Waals surface area contributed by atoms with Gasteiger partial charge in [-0.15, -0.1) is 0 Å². The molecule has 0 fully saturated rings. The number of ether oxygens (including phenoxy) is 1. The Morgan fingerprint density at radius 2 is 1.83 bits per heavy atom. The van der Waals surface area contributed by atoms with E-state index >= 15 is 0 Å². The smallest absolute Gasteiger partial charge is 0.261 e. The normalized spacial score (nSPS) is 11.8. The summed E-state index contributed by atoms with van der Waals surface area (Å²) in [6.45, 7) is 8.19. The zero-order valence-electron chi connectivity index (χ0n) is 17.7. The van der Waals surface area contributed by atoms with Gasteiger partial charge in [0, 0.05) is 23.1 Å². The summed E-state index contributed by atoms with van der Waals surface area (Å²) in [5.41, 5.74) is 1.74. The first-order valence-electron chi connectivity index (χ1n) is 9.88. The molecule has 0 saturated carbocycles. The molecule has 5 nitrogen and oxygen atoms in total. The zero-order valence-corrected chi connectivity index (χ0v) is 19.3. The average molecular weight is 451 g/mol. The molecule has 0 unspecified atom stereocenters. The number of carbonyl (C=O) groups is 2. The minimum atomic E-state index is -0.691. The van der Waals surface area contributed by atoms with Gasteiger partial charge in [0.1, 0.15) is 11.8 Å². The molecule has 2 aromatic carbocycles. The SMILES string of the molecule is Cc1cccc(OCC(=O)N(Cc2ccc(Cl)cc2Cl)[C@@H](C)C(=O)NCC(C)C)c1. The van der Waals surface area contributed by atoms with Crippen LogP contribution in [-0.2, 0) is 16.1 Å². The van der Waals surface area contributed by atoms with E-state index in [1.54, 1.807) is 31.2 Å². The molecule has 2 rings (SSSR count). The number of hydrogen-bond donors (Lipinski definition) is 1. The highest BCUT2D eigenvalue weighted by molar-refractivity contribution is 6.35. The van der Waals surface area contributed by atoms with E-state index in [0.29, 0.717) is 33.8 Å². The zero-order chi connectivity index (χ0) is 22.3. The first kappa shape index (κ1) is 24.0. The second-order valence-electron chi connectivity index (χ2n) is 7.68. The van der Waals surface area contributed by atoms with E-state index in [1.807, 2.05) is 39.0 Å². The molecule has 0 heterocycles. The van der Waals surface area contributed by atoms with Crippen LogP contribution in [0.15, 0.2) is 42.5 Å². The number of hydrogen-bond acceptors (Lipinski definition) is 3. The van der Waals surface area contributed by atoms with Crippen LogP contribution in [0.4, 0.5) is 0 Å². The predicted molar refractivity (Wildman–Crippen MR) is 121 cm³/mol. The maximum absolute atomic E-state index is 13.0. The third kappa shape index (κ3) is 7.22. The van der Waals surface area contributed by atoms with Crippen molar-refractivity contribution in [3.63, 3.8) is 0 Å². The molecule has 0 spiro atoms. The average Bonchev–Trinajstić information content (AvgIpc) is 2.69. The van der Waals surface area contributed by atoms with Gasteiger partial charge < -0.3 is 15.0 Å². The van der Waals surface area contributed by atoms with E-state index in [0.717, 1.165) is 5.56 Å². The van der Waals surface area contributed by atoms with Crippen LogP contribution in [0, 0.1) is 12.8 Å². The Morgan fingerprint density at radius 3 is 2.47 bits per heavy atom. The third-order valence-corrected chi connectivity index (χ3v) is 5.15. The molecule has 0 aliphatic rings. The molecule has 1 N–H and O–H groups in total. The maximum atomic E-state index is 13.0. The lowest BCUT2D eigenvalue weighted by Gasteiger charge is -2.29. The molecule has 0 saturated heterocycles. The lowest BCUT2D eigenvalue weighted by Crippen LogP contribution is -2.49. The van der Waals surface area contributed by atoms with E-state index in [4.69, 9.17) is 27.9 Å². The molecule has 0 bridgehead atoms. The summed E-state index contributed by atoms with van der Waals surface area (Å²) in [6.07, 6.45) is 0. The first-order chi connectivity index (χ1) is 14.2. The number of nitrogens with zero attached hydrogens (tertiary/aromatic N) is 1. The van der Waals surface area contributed by atoms with E-state index in [2.05, 4.69) is 5.32 Å². The molecule has 0 aromatic heterocycles. The molecule has 0 aliphatic heterocycles. The topological polar surface area (TPSA) is 58.6 Å². The maximum Gasteiger partial charge on any atom is 0.261 e. The van der Waals surface area contributed by atoms with Crippen molar-refractivity contribution in [3.8, 4) is 5.75 Å². The van der Waals surface area contributed by atoms with Crippen LogP contribution in [0.1, 0.15) is 31.9 Å². The minimum absolute atomic E-state index is 0.169. The number of amides is 2. The Bertz CT molecular complexity index is 887. The van der Waals surface area contributed by atoms with Crippen LogP contribution in [0.3, 0.4) is 0 Å². The Balaban J connectivity index is 2.18. The summed E-state index contributed by atoms with van der Waals surface area (Å²) in [4.78, 5) is 27.1. The lowest BCUT2D eigenvalue weighted by molar-refractivity contribution is -0.142. The predicted octanol–water partition coefficient (Wildman–Crippen LogP) is 4.87. The molecular weight excluding hydrogens is 423 g/mol. The Morgan fingerprint density at radius 1 is 1.10 bits per heavy atom. The largest absolute Gasteiger partial charge is 0.484 e. The van der Waals surface area contributed by atoms with Crippen molar-refractivity contribution in [1.82, 2.24) is 10.2 Å². The number of halogens is 2. The Kier molecular flexibility index (Phi) is 9.00. The fraction of sp³-hybridized carbons (Fsp3) is 0.391. The summed E-state index contributed by atoms with van der Waals surface area (Å²) in [5, 5.41) is 3.83. The lowest BCUT2D eigenvalue weighted by atomic mass is 10.1. The highest BCUT2D eigenvalue weighted by Crippen LogP contribution is 2.23. The van der Waals surface area contributed by atoms with E-state index in [9.17, 15) is 9.59 Å². The summed E-state index contributed by atoms with van der Waals surface area (Å²) in [5.74, 6) is 0.373. The molecule has 0 aliphatic carbocycles. The van der Waals surface area contributed by atoms with Gasteiger partial charge in [0.25, 0.3) is 5.91 Å². The van der Waals surface area contributed by atoms with Gasteiger partial charge >= 0.3 is 0 Å². The second kappa shape index (κ2) is 11.2. The number of benzene rings is 2. The van der Waals surface area contributed by atoms with Crippen molar-refractivity contribution in [1.29, 1.82) is 0 Å². The minimum Gasteiger partial charge on any atom is -0.484 e. The van der Waals surface area contributed by atoms with Crippen molar-refractivity contribution in [3.05, 3.63) is 63.6 Å². The van der Waals surface area contributed by atoms with Gasteiger partial charge in [-0.05, 0) is 55.2 Å². The van der Waals surface area contributed by atoms with Crippen molar-refractivity contribution in [2.45, 2.75) is 40.3 Å². The van der Waals surface area contributed by atoms with Crippen LogP contribution in [0.25, 0.3) is 0 Å². The monoisotopic (exact) mass is 450 g/mol. The highest BCUT2D eigenvalue weighted by atomic mass is 35.5. The molecule has 162 valence electrons. The standard InChI is InChI=1S/C23H28Cl2N2O3/c1-15(2)12-26-23(29)17(4)27(13-18-8-9-19(24)11-21(18)25)22(28)14-30-20-7-5-6-16(3)10-20/h5-11,15,17H,12-14H2,1-4H3,(H,26,29)/t17-/m0/s1. The Labute approximate surface area is 188 Å². The van der Waals surface area contributed by atoms with Crippen molar-refractivity contribution < 1.29 is 14.3 Å². The van der Waals surface area contributed by atoms with Crippen LogP contribution in [0.5, 0.6) is 5.75 Å². The van der Waals surface area contributed by atoms with E-state index in [-0.39, 0.29) is 25.0 Å². The molecule has 0 radical (unpaired) electrons. The fourth-order valence-electron chi connectivity index (χ4n) is 2.80.